The first kappa shape index (κ1) is 36.6. The molecule has 2 aromatic carbocycles. The van der Waals surface area contributed by atoms with Gasteiger partial charge in [0.25, 0.3) is 0 Å². The van der Waals surface area contributed by atoms with E-state index in [1.165, 1.54) is 22.3 Å². The van der Waals surface area contributed by atoms with E-state index in [2.05, 4.69) is 30.6 Å². The number of carboxylic acid groups (broad SMARTS) is 1. The number of H-pyrrole nitrogens is 2. The number of aromatic nitrogens is 3. The van der Waals surface area contributed by atoms with E-state index in [0.29, 0.717) is 34.0 Å². The molecule has 11 N–H and O–H groups in total. The van der Waals surface area contributed by atoms with E-state index in [9.17, 15) is 29.1 Å². The fourth-order valence-electron chi connectivity index (χ4n) is 7.52. The third-order valence-electron chi connectivity index (χ3n) is 10.1. The number of nitrogens with two attached hydrogens (primary N) is 3. The number of carbonyl (C=O) groups excluding carboxylic acids is 4. The fraction of sp³-hybridized carbons (Fsp3) is 0.361. The van der Waals surface area contributed by atoms with Gasteiger partial charge in [0.2, 0.25) is 24.5 Å². The van der Waals surface area contributed by atoms with E-state index in [1.807, 2.05) is 24.3 Å². The van der Waals surface area contributed by atoms with Crippen molar-refractivity contribution in [3.8, 4) is 11.5 Å². The van der Waals surface area contributed by atoms with Gasteiger partial charge in [0.1, 0.15) is 24.2 Å². The van der Waals surface area contributed by atoms with Crippen molar-refractivity contribution in [1.82, 2.24) is 35.4 Å². The van der Waals surface area contributed by atoms with Crippen LogP contribution in [0.3, 0.4) is 0 Å². The lowest BCUT2D eigenvalue weighted by Gasteiger charge is -2.39. The van der Waals surface area contributed by atoms with E-state index >= 15 is 0 Å². The number of nitrogens with one attached hydrogen (secondary N) is 4. The monoisotopic (exact) mass is 755 g/mol. The highest BCUT2D eigenvalue weighted by Crippen LogP contribution is 2.38. The number of benzene rings is 2. The molecule has 5 heterocycles. The van der Waals surface area contributed by atoms with Gasteiger partial charge in [-0.25, -0.2) is 14.6 Å². The van der Waals surface area contributed by atoms with Gasteiger partial charge in [-0.1, -0.05) is 18.2 Å². The molecule has 0 fully saturated rings. The van der Waals surface area contributed by atoms with Crippen LogP contribution < -0.4 is 37.3 Å². The molecule has 55 heavy (non-hydrogen) atoms. The summed E-state index contributed by atoms with van der Waals surface area (Å²) in [7, 11) is 0. The maximum atomic E-state index is 14.5. The summed E-state index contributed by atoms with van der Waals surface area (Å²) in [5.41, 5.74) is 20.8. The van der Waals surface area contributed by atoms with Crippen LogP contribution in [0.5, 0.6) is 11.5 Å². The number of hydrogen-bond donors (Lipinski definition) is 8. The van der Waals surface area contributed by atoms with Gasteiger partial charge < -0.3 is 62.2 Å². The summed E-state index contributed by atoms with van der Waals surface area (Å²) in [5, 5.41) is 16.6. The van der Waals surface area contributed by atoms with Crippen LogP contribution in [0.1, 0.15) is 40.9 Å². The second-order valence-electron chi connectivity index (χ2n) is 13.7. The number of carbonyl (C=O) groups is 5. The van der Waals surface area contributed by atoms with E-state index in [1.54, 1.807) is 12.1 Å². The first-order chi connectivity index (χ1) is 26.5. The Morgan fingerprint density at radius 3 is 2.38 bits per heavy atom. The van der Waals surface area contributed by atoms with Gasteiger partial charge in [-0.15, -0.1) is 0 Å². The molecule has 0 saturated heterocycles. The Morgan fingerprint density at radius 2 is 1.67 bits per heavy atom. The molecule has 4 atom stereocenters. The van der Waals surface area contributed by atoms with Crippen LogP contribution in [0.15, 0.2) is 53.9 Å². The molecule has 0 saturated carbocycles. The zero-order chi connectivity index (χ0) is 38.8. The number of carboxylic acids is 1. The first-order valence-electron chi connectivity index (χ1n) is 17.7. The second kappa shape index (κ2) is 15.3. The maximum absolute atomic E-state index is 14.5. The number of para-hydroxylation sites is 1. The van der Waals surface area contributed by atoms with Crippen LogP contribution in [-0.4, -0.2) is 103 Å². The predicted octanol–water partition coefficient (Wildman–Crippen LogP) is -0.271. The van der Waals surface area contributed by atoms with Gasteiger partial charge in [0.05, 0.1) is 12.9 Å². The Balaban J connectivity index is 1.20. The minimum Gasteiger partial charge on any atom is -0.480 e. The zero-order valence-electron chi connectivity index (χ0n) is 29.6. The SMILES string of the molecule is NC(=O)N[C@@H](Cc1cnc[nH]1)C(=O)N1Cc2cc3c(cc2CC1C(=O)N[C@@H](CCCN=C(N)N)C(=O)N1Cc2[nH]c4ccccc4c2CC1C(=O)O)OCO3. The molecule has 288 valence electrons. The highest BCUT2D eigenvalue weighted by Gasteiger charge is 2.43. The quantitative estimate of drug-likeness (QED) is 0.0529. The lowest BCUT2D eigenvalue weighted by Crippen LogP contribution is -2.61. The molecule has 0 aliphatic carbocycles. The van der Waals surface area contributed by atoms with E-state index in [0.717, 1.165) is 16.5 Å². The summed E-state index contributed by atoms with van der Waals surface area (Å²) in [4.78, 5) is 85.0. The first-order valence-corrected chi connectivity index (χ1v) is 17.7. The number of imidazole rings is 1. The van der Waals surface area contributed by atoms with Crippen molar-refractivity contribution >= 4 is 46.6 Å². The number of aliphatic carboxylic acids is 1. The summed E-state index contributed by atoms with van der Waals surface area (Å²) in [5.74, 6) is -2.28. The Morgan fingerprint density at radius 1 is 0.945 bits per heavy atom. The number of fused-ring (bicyclic) bond motifs is 5. The molecule has 2 aromatic heterocycles. The van der Waals surface area contributed by atoms with Crippen LogP contribution in [0, 0.1) is 0 Å². The number of aliphatic imine (C=N–C) groups is 1. The Bertz CT molecular complexity index is 2160. The summed E-state index contributed by atoms with van der Waals surface area (Å²) >= 11 is 0. The minimum atomic E-state index is -1.23. The lowest BCUT2D eigenvalue weighted by atomic mass is 9.91. The van der Waals surface area contributed by atoms with Crippen molar-refractivity contribution in [2.75, 3.05) is 13.3 Å². The van der Waals surface area contributed by atoms with Gasteiger partial charge in [0.15, 0.2) is 17.5 Å². The topological polar surface area (TPSA) is 289 Å². The number of ether oxygens (including phenoxy) is 2. The second-order valence-corrected chi connectivity index (χ2v) is 13.7. The van der Waals surface area contributed by atoms with Crippen molar-refractivity contribution in [1.29, 1.82) is 0 Å². The molecule has 3 aliphatic heterocycles. The number of primary amides is 1. The molecule has 2 unspecified atom stereocenters. The number of amides is 5. The lowest BCUT2D eigenvalue weighted by molar-refractivity contribution is -0.153. The van der Waals surface area contributed by atoms with Crippen molar-refractivity contribution in [3.05, 3.63) is 77.0 Å². The van der Waals surface area contributed by atoms with Crippen molar-refractivity contribution in [2.24, 2.45) is 22.2 Å². The molecule has 4 aromatic rings. The Kier molecular flexibility index (Phi) is 10.2. The summed E-state index contributed by atoms with van der Waals surface area (Å²) in [6.45, 7) is 0.0568. The maximum Gasteiger partial charge on any atom is 0.326 e. The summed E-state index contributed by atoms with van der Waals surface area (Å²) in [6, 6.07) is 5.24. The smallest absolute Gasteiger partial charge is 0.326 e. The Labute approximate surface area is 313 Å². The van der Waals surface area contributed by atoms with Gasteiger partial charge in [0, 0.05) is 60.8 Å². The van der Waals surface area contributed by atoms with Crippen LogP contribution >= 0.6 is 0 Å². The Hall–Kier alpha value is -6.79. The average Bonchev–Trinajstić information content (AvgIpc) is 3.93. The van der Waals surface area contributed by atoms with Gasteiger partial charge in [-0.2, -0.15) is 0 Å². The van der Waals surface area contributed by atoms with E-state index < -0.39 is 53.9 Å². The number of rotatable bonds is 12. The largest absolute Gasteiger partial charge is 0.480 e. The van der Waals surface area contributed by atoms with E-state index in [4.69, 9.17) is 26.7 Å². The number of hydrogen-bond acceptors (Lipinski definition) is 9. The highest BCUT2D eigenvalue weighted by atomic mass is 16.7. The average molecular weight is 756 g/mol. The highest BCUT2D eigenvalue weighted by molar-refractivity contribution is 5.96. The summed E-state index contributed by atoms with van der Waals surface area (Å²) < 4.78 is 11.1. The van der Waals surface area contributed by atoms with Crippen molar-refractivity contribution in [3.63, 3.8) is 0 Å². The zero-order valence-corrected chi connectivity index (χ0v) is 29.6. The molecule has 0 spiro atoms. The summed E-state index contributed by atoms with van der Waals surface area (Å²) in [6.07, 6.45) is 3.30. The normalized spacial score (nSPS) is 18.1. The molecule has 0 radical (unpaired) electrons. The molecule has 19 heteroatoms. The standard InChI is InChI=1S/C36H41N11O8/c37-35(38)41-7-3-6-24(32(49)47-15-26-22(12-28(47)34(51)52)21-4-1-2-5-23(21)43-26)44-31(48)27-8-18-9-29-30(55-17-54-29)10-19(18)14-46(27)33(50)25(45-36(39)53)11-20-13-40-16-42-20/h1-2,4-5,9-10,13,16,24-25,27-28,43H,3,6-8,11-12,14-15,17H2,(H,40,42)(H,44,48)(H,51,52)(H4,37,38,41)(H3,39,45,53)/t24-,25-,27?,28?/m0/s1. The third kappa shape index (κ3) is 7.66. The molecule has 0 bridgehead atoms. The van der Waals surface area contributed by atoms with Gasteiger partial charge >= 0.3 is 12.0 Å². The number of aromatic amines is 2. The van der Waals surface area contributed by atoms with Gasteiger partial charge in [-0.3, -0.25) is 19.4 Å². The molecule has 7 rings (SSSR count). The number of nitrogens with zero attached hydrogens (tertiary/aromatic N) is 4. The van der Waals surface area contributed by atoms with E-state index in [-0.39, 0.29) is 64.5 Å². The van der Waals surface area contributed by atoms with Crippen LogP contribution in [0.2, 0.25) is 0 Å². The third-order valence-corrected chi connectivity index (χ3v) is 10.1. The number of urea groups is 1. The molecule has 5 amide bonds. The van der Waals surface area contributed by atoms with Crippen LogP contribution in [-0.2, 0) is 51.5 Å². The molecule has 3 aliphatic rings. The van der Waals surface area contributed by atoms with Crippen LogP contribution in [0.4, 0.5) is 4.79 Å². The minimum absolute atomic E-state index is 0.00616. The fourth-order valence-corrected chi connectivity index (χ4v) is 7.52. The van der Waals surface area contributed by atoms with Crippen molar-refractivity contribution in [2.45, 2.75) is 69.4 Å². The molecule has 19 nitrogen and oxygen atoms in total. The molecular formula is C36H41N11O8. The van der Waals surface area contributed by atoms with Crippen molar-refractivity contribution < 1.29 is 38.6 Å². The van der Waals surface area contributed by atoms with Crippen LogP contribution in [0.25, 0.3) is 10.9 Å². The predicted molar refractivity (Wildman–Crippen MR) is 195 cm³/mol. The van der Waals surface area contributed by atoms with Gasteiger partial charge in [-0.05, 0) is 47.7 Å². The molecular weight excluding hydrogens is 714 g/mol. The number of guanidine groups is 1.